The Morgan fingerprint density at radius 3 is 2.88 bits per heavy atom. The third-order valence-electron chi connectivity index (χ3n) is 2.74. The number of nitrogens with zero attached hydrogens (tertiary/aromatic N) is 1. The van der Waals surface area contributed by atoms with Gasteiger partial charge in [-0.1, -0.05) is 27.2 Å². The predicted octanol–water partition coefficient (Wildman–Crippen LogP) is 3.83. The summed E-state index contributed by atoms with van der Waals surface area (Å²) >= 11 is 3.70. The van der Waals surface area contributed by atoms with Crippen LogP contribution in [0.2, 0.25) is 0 Å². The second kappa shape index (κ2) is 7.30. The van der Waals surface area contributed by atoms with Gasteiger partial charge in [-0.05, 0) is 18.1 Å². The Labute approximate surface area is 107 Å². The van der Waals surface area contributed by atoms with Crippen molar-refractivity contribution in [2.75, 3.05) is 5.75 Å². The summed E-state index contributed by atoms with van der Waals surface area (Å²) in [5.41, 5.74) is 7.23. The summed E-state index contributed by atoms with van der Waals surface area (Å²) in [5, 5.41) is 3.34. The molecule has 0 radical (unpaired) electrons. The van der Waals surface area contributed by atoms with E-state index in [0.29, 0.717) is 5.92 Å². The van der Waals surface area contributed by atoms with Crippen molar-refractivity contribution in [3.63, 3.8) is 0 Å². The molecule has 0 aromatic carbocycles. The van der Waals surface area contributed by atoms with Crippen molar-refractivity contribution in [1.82, 2.24) is 4.98 Å². The zero-order chi connectivity index (χ0) is 12.0. The molecule has 92 valence electrons. The molecule has 0 saturated heterocycles. The Bertz CT molecular complexity index is 299. The van der Waals surface area contributed by atoms with Gasteiger partial charge >= 0.3 is 0 Å². The number of thiazole rings is 1. The molecule has 1 aromatic rings. The first-order chi connectivity index (χ1) is 7.69. The number of nitrogens with two attached hydrogens (primary N) is 1. The van der Waals surface area contributed by atoms with E-state index >= 15 is 0 Å². The van der Waals surface area contributed by atoms with E-state index in [-0.39, 0.29) is 6.04 Å². The summed E-state index contributed by atoms with van der Waals surface area (Å²) in [5.74, 6) is 2.76. The largest absolute Gasteiger partial charge is 0.322 e. The van der Waals surface area contributed by atoms with Crippen LogP contribution in [-0.4, -0.2) is 10.7 Å². The Hall–Kier alpha value is -0.0600. The van der Waals surface area contributed by atoms with Crippen LogP contribution in [0.25, 0.3) is 0 Å². The lowest BCUT2D eigenvalue weighted by molar-refractivity contribution is 0.449. The molecule has 1 heterocycles. The molecule has 0 aliphatic heterocycles. The van der Waals surface area contributed by atoms with E-state index in [1.807, 2.05) is 11.8 Å². The second-order valence-electron chi connectivity index (χ2n) is 4.13. The molecule has 0 amide bonds. The molecule has 2 unspecified atom stereocenters. The average Bonchev–Trinajstić information content (AvgIpc) is 2.76. The first-order valence-electron chi connectivity index (χ1n) is 5.96. The Kier molecular flexibility index (Phi) is 6.39. The fourth-order valence-electron chi connectivity index (χ4n) is 1.39. The van der Waals surface area contributed by atoms with Crippen LogP contribution in [0.1, 0.15) is 50.4 Å². The van der Waals surface area contributed by atoms with Gasteiger partial charge in [-0.15, -0.1) is 11.3 Å². The van der Waals surface area contributed by atoms with Crippen molar-refractivity contribution < 1.29 is 0 Å². The fourth-order valence-corrected chi connectivity index (χ4v) is 3.21. The van der Waals surface area contributed by atoms with Gasteiger partial charge in [0.1, 0.15) is 5.01 Å². The third-order valence-corrected chi connectivity index (χ3v) is 4.97. The Balaban J connectivity index is 2.50. The molecular formula is C12H22N2S2. The zero-order valence-corrected chi connectivity index (χ0v) is 12.0. The van der Waals surface area contributed by atoms with Crippen LogP contribution in [0.15, 0.2) is 5.38 Å². The highest BCUT2D eigenvalue weighted by molar-refractivity contribution is 7.98. The standard InChI is InChI=1S/C12H22N2S2/c1-4-6-15-8-11-14-10(7-16-11)12(13)9(3)5-2/h7,9,12H,4-6,8,13H2,1-3H3. The van der Waals surface area contributed by atoms with E-state index < -0.39 is 0 Å². The quantitative estimate of drug-likeness (QED) is 0.755. The van der Waals surface area contributed by atoms with Crippen molar-refractivity contribution in [3.05, 3.63) is 16.1 Å². The van der Waals surface area contributed by atoms with Crippen molar-refractivity contribution in [3.8, 4) is 0 Å². The smallest absolute Gasteiger partial charge is 0.103 e. The molecule has 0 bridgehead atoms. The summed E-state index contributed by atoms with van der Waals surface area (Å²) < 4.78 is 0. The minimum Gasteiger partial charge on any atom is -0.322 e. The van der Waals surface area contributed by atoms with E-state index in [4.69, 9.17) is 5.73 Å². The van der Waals surface area contributed by atoms with Crippen molar-refractivity contribution >= 4 is 23.1 Å². The van der Waals surface area contributed by atoms with E-state index in [9.17, 15) is 0 Å². The summed E-state index contributed by atoms with van der Waals surface area (Å²) in [6.07, 6.45) is 2.34. The first kappa shape index (κ1) is 14.0. The molecule has 0 aliphatic carbocycles. The molecule has 2 N–H and O–H groups in total. The highest BCUT2D eigenvalue weighted by Gasteiger charge is 2.16. The summed E-state index contributed by atoms with van der Waals surface area (Å²) in [6, 6.07) is 0.103. The Morgan fingerprint density at radius 2 is 2.25 bits per heavy atom. The van der Waals surface area contributed by atoms with Gasteiger partial charge in [-0.2, -0.15) is 11.8 Å². The summed E-state index contributed by atoms with van der Waals surface area (Å²) in [4.78, 5) is 4.62. The van der Waals surface area contributed by atoms with Crippen LogP contribution in [0.5, 0.6) is 0 Å². The normalized spacial score (nSPS) is 15.0. The third kappa shape index (κ3) is 4.07. The number of thioether (sulfide) groups is 1. The molecule has 2 atom stereocenters. The summed E-state index contributed by atoms with van der Waals surface area (Å²) in [7, 11) is 0. The van der Waals surface area contributed by atoms with E-state index in [2.05, 4.69) is 31.1 Å². The number of aromatic nitrogens is 1. The van der Waals surface area contributed by atoms with E-state index in [1.165, 1.54) is 17.2 Å². The maximum atomic E-state index is 6.15. The van der Waals surface area contributed by atoms with Crippen LogP contribution >= 0.6 is 23.1 Å². The summed E-state index contributed by atoms with van der Waals surface area (Å²) in [6.45, 7) is 6.57. The molecule has 0 saturated carbocycles. The van der Waals surface area contributed by atoms with Gasteiger partial charge in [0, 0.05) is 11.1 Å². The maximum absolute atomic E-state index is 6.15. The number of hydrogen-bond donors (Lipinski definition) is 1. The fraction of sp³-hybridized carbons (Fsp3) is 0.750. The van der Waals surface area contributed by atoms with Crippen molar-refractivity contribution in [2.45, 2.75) is 45.4 Å². The van der Waals surface area contributed by atoms with Gasteiger partial charge in [0.15, 0.2) is 0 Å². The van der Waals surface area contributed by atoms with Gasteiger partial charge < -0.3 is 5.73 Å². The first-order valence-corrected chi connectivity index (χ1v) is 8.00. The predicted molar refractivity (Wildman–Crippen MR) is 75.0 cm³/mol. The lowest BCUT2D eigenvalue weighted by Gasteiger charge is -2.15. The van der Waals surface area contributed by atoms with E-state index in [0.717, 1.165) is 17.9 Å². The Morgan fingerprint density at radius 1 is 1.50 bits per heavy atom. The van der Waals surface area contributed by atoms with Crippen molar-refractivity contribution in [1.29, 1.82) is 0 Å². The zero-order valence-electron chi connectivity index (χ0n) is 10.4. The monoisotopic (exact) mass is 258 g/mol. The SMILES string of the molecule is CCCSCc1nc(C(N)C(C)CC)cs1. The molecule has 0 spiro atoms. The molecule has 16 heavy (non-hydrogen) atoms. The highest BCUT2D eigenvalue weighted by atomic mass is 32.2. The molecular weight excluding hydrogens is 236 g/mol. The molecule has 1 aromatic heterocycles. The minimum absolute atomic E-state index is 0.103. The van der Waals surface area contributed by atoms with Gasteiger partial charge in [-0.3, -0.25) is 0 Å². The van der Waals surface area contributed by atoms with Gasteiger partial charge in [-0.25, -0.2) is 4.98 Å². The van der Waals surface area contributed by atoms with Crippen LogP contribution in [-0.2, 0) is 5.75 Å². The van der Waals surface area contributed by atoms with Gasteiger partial charge in [0.25, 0.3) is 0 Å². The van der Waals surface area contributed by atoms with Crippen LogP contribution in [0.4, 0.5) is 0 Å². The second-order valence-corrected chi connectivity index (χ2v) is 6.18. The molecule has 2 nitrogen and oxygen atoms in total. The van der Waals surface area contributed by atoms with Crippen LogP contribution < -0.4 is 5.73 Å². The maximum Gasteiger partial charge on any atom is 0.103 e. The molecule has 0 fully saturated rings. The lowest BCUT2D eigenvalue weighted by Crippen LogP contribution is -2.18. The molecule has 0 aliphatic rings. The van der Waals surface area contributed by atoms with Gasteiger partial charge in [0.2, 0.25) is 0 Å². The van der Waals surface area contributed by atoms with E-state index in [1.54, 1.807) is 11.3 Å². The lowest BCUT2D eigenvalue weighted by atomic mass is 9.98. The topological polar surface area (TPSA) is 38.9 Å². The van der Waals surface area contributed by atoms with Crippen LogP contribution in [0, 0.1) is 5.92 Å². The highest BCUT2D eigenvalue weighted by Crippen LogP contribution is 2.25. The molecule has 4 heteroatoms. The minimum atomic E-state index is 0.103. The average molecular weight is 258 g/mol. The number of hydrogen-bond acceptors (Lipinski definition) is 4. The van der Waals surface area contributed by atoms with Gasteiger partial charge in [0.05, 0.1) is 11.7 Å². The number of rotatable bonds is 7. The van der Waals surface area contributed by atoms with Crippen molar-refractivity contribution in [2.24, 2.45) is 11.7 Å². The molecule has 1 rings (SSSR count). The van der Waals surface area contributed by atoms with Crippen LogP contribution in [0.3, 0.4) is 0 Å².